The molecular weight excluding hydrogens is 330 g/mol. The van der Waals surface area contributed by atoms with Crippen LogP contribution < -0.4 is 0 Å². The topological polar surface area (TPSA) is 76.8 Å². The molecule has 1 aliphatic rings. The van der Waals surface area contributed by atoms with Crippen molar-refractivity contribution in [1.82, 2.24) is 4.90 Å². The highest BCUT2D eigenvalue weighted by molar-refractivity contribution is 7.90. The Labute approximate surface area is 140 Å². The van der Waals surface area contributed by atoms with Gasteiger partial charge in [-0.3, -0.25) is 4.79 Å². The van der Waals surface area contributed by atoms with Crippen LogP contribution >= 0.6 is 0 Å². The molecule has 0 bridgehead atoms. The second kappa shape index (κ2) is 6.78. The molecule has 1 aliphatic heterocycles. The summed E-state index contributed by atoms with van der Waals surface area (Å²) in [6.07, 6.45) is -0.0180. The molecule has 1 aromatic carbocycles. The van der Waals surface area contributed by atoms with Gasteiger partial charge in [0.25, 0.3) is 5.91 Å². The summed E-state index contributed by atoms with van der Waals surface area (Å²) >= 11 is 0. The van der Waals surface area contributed by atoms with Crippen molar-refractivity contribution in [3.8, 4) is 0 Å². The zero-order valence-electron chi connectivity index (χ0n) is 13.3. The Morgan fingerprint density at radius 1 is 1.21 bits per heavy atom. The lowest BCUT2D eigenvalue weighted by atomic mass is 10.3. The van der Waals surface area contributed by atoms with Crippen LogP contribution in [0.3, 0.4) is 0 Å². The van der Waals surface area contributed by atoms with E-state index in [0.717, 1.165) is 0 Å². The van der Waals surface area contributed by atoms with Crippen LogP contribution in [0.1, 0.15) is 23.2 Å². The number of carbonyl (C=O) groups excluding carboxylic acids is 1. The predicted molar refractivity (Wildman–Crippen MR) is 87.4 cm³/mol. The molecule has 0 N–H and O–H groups in total. The van der Waals surface area contributed by atoms with E-state index in [1.54, 1.807) is 35.2 Å². The van der Waals surface area contributed by atoms with Crippen molar-refractivity contribution in [3.63, 3.8) is 0 Å². The van der Waals surface area contributed by atoms with Crippen LogP contribution in [-0.4, -0.2) is 45.0 Å². The lowest BCUT2D eigenvalue weighted by Crippen LogP contribution is -2.44. The van der Waals surface area contributed by atoms with Crippen LogP contribution in [0.5, 0.6) is 0 Å². The third-order valence-electron chi connectivity index (χ3n) is 3.84. The minimum Gasteiger partial charge on any atom is -0.455 e. The first-order valence-corrected chi connectivity index (χ1v) is 9.38. The van der Waals surface area contributed by atoms with Crippen molar-refractivity contribution >= 4 is 15.7 Å². The molecule has 24 heavy (non-hydrogen) atoms. The van der Waals surface area contributed by atoms with Gasteiger partial charge in [0.15, 0.2) is 15.6 Å². The second-order valence-electron chi connectivity index (χ2n) is 5.77. The van der Waals surface area contributed by atoms with Gasteiger partial charge in [0, 0.05) is 13.1 Å². The zero-order valence-corrected chi connectivity index (χ0v) is 14.2. The lowest BCUT2D eigenvalue weighted by molar-refractivity contribution is -0.0135. The number of morpholine rings is 1. The summed E-state index contributed by atoms with van der Waals surface area (Å²) < 4.78 is 35.6. The van der Waals surface area contributed by atoms with Crippen molar-refractivity contribution < 1.29 is 22.4 Å². The number of hydrogen-bond acceptors (Lipinski definition) is 5. The van der Waals surface area contributed by atoms with Gasteiger partial charge < -0.3 is 14.1 Å². The van der Waals surface area contributed by atoms with Gasteiger partial charge in [-0.25, -0.2) is 8.42 Å². The van der Waals surface area contributed by atoms with E-state index in [1.807, 2.05) is 6.92 Å². The van der Waals surface area contributed by atoms with Gasteiger partial charge in [0.05, 0.1) is 17.6 Å². The number of hydrogen-bond donors (Lipinski definition) is 0. The van der Waals surface area contributed by atoms with Crippen molar-refractivity contribution in [3.05, 3.63) is 54.0 Å². The minimum absolute atomic E-state index is 0.0180. The summed E-state index contributed by atoms with van der Waals surface area (Å²) in [6.45, 7) is 3.39. The fraction of sp³-hybridized carbons (Fsp3) is 0.353. The van der Waals surface area contributed by atoms with Crippen molar-refractivity contribution in [2.75, 3.05) is 19.7 Å². The fourth-order valence-electron chi connectivity index (χ4n) is 2.63. The predicted octanol–water partition coefficient (Wildman–Crippen LogP) is 2.11. The number of amides is 1. The quantitative estimate of drug-likeness (QED) is 0.845. The summed E-state index contributed by atoms with van der Waals surface area (Å²) in [5.41, 5.74) is 0. The maximum absolute atomic E-state index is 12.4. The number of benzene rings is 1. The maximum Gasteiger partial charge on any atom is 0.289 e. The van der Waals surface area contributed by atoms with Crippen molar-refractivity contribution in [2.24, 2.45) is 0 Å². The van der Waals surface area contributed by atoms with Gasteiger partial charge in [-0.05, 0) is 31.2 Å². The Kier molecular flexibility index (Phi) is 4.73. The highest BCUT2D eigenvalue weighted by Gasteiger charge is 2.25. The number of furan rings is 1. The van der Waals surface area contributed by atoms with E-state index in [2.05, 4.69) is 0 Å². The van der Waals surface area contributed by atoms with Crippen LogP contribution in [0.2, 0.25) is 0 Å². The van der Waals surface area contributed by atoms with Gasteiger partial charge in [0.2, 0.25) is 0 Å². The maximum atomic E-state index is 12.4. The third kappa shape index (κ3) is 3.68. The van der Waals surface area contributed by atoms with Gasteiger partial charge in [0.1, 0.15) is 11.5 Å². The third-order valence-corrected chi connectivity index (χ3v) is 5.49. The fourth-order valence-corrected chi connectivity index (χ4v) is 3.90. The highest BCUT2D eigenvalue weighted by atomic mass is 32.2. The van der Waals surface area contributed by atoms with Crippen LogP contribution in [0, 0.1) is 0 Å². The number of ether oxygens (including phenoxy) is 1. The van der Waals surface area contributed by atoms with Crippen LogP contribution in [0.25, 0.3) is 0 Å². The molecule has 2 aromatic rings. The lowest BCUT2D eigenvalue weighted by Gasteiger charge is -2.30. The minimum atomic E-state index is -3.50. The van der Waals surface area contributed by atoms with E-state index in [9.17, 15) is 13.2 Å². The Morgan fingerprint density at radius 3 is 2.67 bits per heavy atom. The van der Waals surface area contributed by atoms with Crippen LogP contribution in [-0.2, 0) is 20.3 Å². The van der Waals surface area contributed by atoms with E-state index in [1.165, 1.54) is 12.1 Å². The first-order chi connectivity index (χ1) is 11.5. The molecular formula is C17H19NO5S. The van der Waals surface area contributed by atoms with Gasteiger partial charge in [-0.2, -0.15) is 0 Å². The average Bonchev–Trinajstić information content (AvgIpc) is 3.03. The van der Waals surface area contributed by atoms with E-state index < -0.39 is 9.84 Å². The smallest absolute Gasteiger partial charge is 0.289 e. The summed E-state index contributed by atoms with van der Waals surface area (Å²) in [5, 5.41) is 0. The molecule has 128 valence electrons. The van der Waals surface area contributed by atoms with E-state index >= 15 is 0 Å². The first-order valence-electron chi connectivity index (χ1n) is 7.73. The molecule has 3 rings (SSSR count). The molecule has 0 radical (unpaired) electrons. The molecule has 7 heteroatoms. The Bertz CT molecular complexity index is 813. The van der Waals surface area contributed by atoms with Gasteiger partial charge in [-0.15, -0.1) is 0 Å². The normalized spacial score (nSPS) is 18.5. The van der Waals surface area contributed by atoms with Crippen molar-refractivity contribution in [2.45, 2.75) is 23.7 Å². The Morgan fingerprint density at radius 2 is 1.96 bits per heavy atom. The highest BCUT2D eigenvalue weighted by Crippen LogP contribution is 2.19. The van der Waals surface area contributed by atoms with E-state index in [4.69, 9.17) is 9.15 Å². The molecule has 1 aromatic heterocycles. The molecule has 0 saturated carbocycles. The number of carbonyl (C=O) groups is 1. The number of sulfone groups is 1. The standard InChI is InChI=1S/C17H19NO5S/c1-13-11-18(9-10-22-13)17(19)16-8-7-14(23-16)12-24(20,21)15-5-3-2-4-6-15/h2-8,13H,9-12H2,1H3/t13-/m1/s1. The Hall–Kier alpha value is -2.12. The van der Waals surface area contributed by atoms with E-state index in [0.29, 0.717) is 19.7 Å². The first kappa shape index (κ1) is 16.7. The van der Waals surface area contributed by atoms with Gasteiger partial charge in [-0.1, -0.05) is 18.2 Å². The molecule has 0 unspecified atom stereocenters. The summed E-state index contributed by atoms with van der Waals surface area (Å²) in [7, 11) is -3.50. The summed E-state index contributed by atoms with van der Waals surface area (Å²) in [4.78, 5) is 14.3. The molecule has 1 atom stereocenters. The summed E-state index contributed by atoms with van der Waals surface area (Å²) in [6, 6.07) is 11.2. The monoisotopic (exact) mass is 349 g/mol. The average molecular weight is 349 g/mol. The SMILES string of the molecule is C[C@@H]1CN(C(=O)c2ccc(CS(=O)(=O)c3ccccc3)o2)CCO1. The van der Waals surface area contributed by atoms with E-state index in [-0.39, 0.29) is 34.2 Å². The summed E-state index contributed by atoms with van der Waals surface area (Å²) in [5.74, 6) is -0.108. The zero-order chi connectivity index (χ0) is 17.2. The largest absolute Gasteiger partial charge is 0.455 e. The number of nitrogens with zero attached hydrogens (tertiary/aromatic N) is 1. The van der Waals surface area contributed by atoms with Crippen LogP contribution in [0.4, 0.5) is 0 Å². The van der Waals surface area contributed by atoms with Crippen molar-refractivity contribution in [1.29, 1.82) is 0 Å². The molecule has 1 saturated heterocycles. The molecule has 1 fully saturated rings. The molecule has 1 amide bonds. The molecule has 0 spiro atoms. The molecule has 2 heterocycles. The van der Waals surface area contributed by atoms with Crippen LogP contribution in [0.15, 0.2) is 51.8 Å². The second-order valence-corrected chi connectivity index (χ2v) is 7.76. The number of rotatable bonds is 4. The van der Waals surface area contributed by atoms with Gasteiger partial charge >= 0.3 is 0 Å². The molecule has 6 nitrogen and oxygen atoms in total. The Balaban J connectivity index is 1.73. The molecule has 0 aliphatic carbocycles.